The van der Waals surface area contributed by atoms with Gasteiger partial charge in [-0.05, 0) is 48.2 Å². The van der Waals surface area contributed by atoms with Gasteiger partial charge in [-0.1, -0.05) is 105 Å². The number of unbranched alkanes of at least 4 members (excludes halogenated alkanes) is 6. The first kappa shape index (κ1) is 22.7. The van der Waals surface area contributed by atoms with Gasteiger partial charge in [0.2, 0.25) is 0 Å². The molecule has 0 amide bonds. The van der Waals surface area contributed by atoms with Crippen LogP contribution in [0.25, 0.3) is 12.2 Å². The molecule has 0 fully saturated rings. The SMILES string of the molecule is CCCCCCN(CCCCCC)c1ccc(/C=C/c2ccc(Br)cc2)cc1. The second kappa shape index (κ2) is 13.6. The molecule has 2 rings (SSSR count). The number of anilines is 1. The van der Waals surface area contributed by atoms with Crippen LogP contribution < -0.4 is 4.90 Å². The van der Waals surface area contributed by atoms with E-state index in [0.717, 1.165) is 4.47 Å². The predicted molar refractivity (Wildman–Crippen MR) is 130 cm³/mol. The summed E-state index contributed by atoms with van der Waals surface area (Å²) < 4.78 is 1.12. The van der Waals surface area contributed by atoms with Crippen molar-refractivity contribution in [2.24, 2.45) is 0 Å². The van der Waals surface area contributed by atoms with Gasteiger partial charge < -0.3 is 4.90 Å². The Morgan fingerprint density at radius 3 is 1.57 bits per heavy atom. The molecule has 0 saturated carbocycles. The van der Waals surface area contributed by atoms with Crippen LogP contribution in [0.1, 0.15) is 76.3 Å². The average Bonchev–Trinajstić information content (AvgIpc) is 2.73. The maximum absolute atomic E-state index is 3.49. The monoisotopic (exact) mass is 441 g/mol. The summed E-state index contributed by atoms with van der Waals surface area (Å²) in [6, 6.07) is 17.5. The van der Waals surface area contributed by atoms with Gasteiger partial charge >= 0.3 is 0 Å². The summed E-state index contributed by atoms with van der Waals surface area (Å²) >= 11 is 3.49. The fraction of sp³-hybridized carbons (Fsp3) is 0.462. The quantitative estimate of drug-likeness (QED) is 0.222. The van der Waals surface area contributed by atoms with Crippen molar-refractivity contribution in [2.45, 2.75) is 65.2 Å². The van der Waals surface area contributed by atoms with Crippen LogP contribution in [0.2, 0.25) is 0 Å². The molecule has 0 bridgehead atoms. The van der Waals surface area contributed by atoms with E-state index in [9.17, 15) is 0 Å². The standard InChI is InChI=1S/C26H36BrN/c1-3-5-7-9-21-28(22-10-8-6-4-2)26-19-15-24(16-20-26)12-11-23-13-17-25(27)18-14-23/h11-20H,3-10,21-22H2,1-2H3/b12-11+. The van der Waals surface area contributed by atoms with E-state index >= 15 is 0 Å². The minimum absolute atomic E-state index is 1.12. The smallest absolute Gasteiger partial charge is 0.0366 e. The van der Waals surface area contributed by atoms with Gasteiger partial charge in [0, 0.05) is 23.2 Å². The van der Waals surface area contributed by atoms with Crippen LogP contribution in [0.4, 0.5) is 5.69 Å². The lowest BCUT2D eigenvalue weighted by Gasteiger charge is -2.25. The summed E-state index contributed by atoms with van der Waals surface area (Å²) in [4.78, 5) is 2.59. The van der Waals surface area contributed by atoms with E-state index in [2.05, 4.69) is 95.4 Å². The van der Waals surface area contributed by atoms with Crippen LogP contribution >= 0.6 is 15.9 Å². The van der Waals surface area contributed by atoms with E-state index in [4.69, 9.17) is 0 Å². The zero-order valence-electron chi connectivity index (χ0n) is 17.7. The summed E-state index contributed by atoms with van der Waals surface area (Å²) in [5, 5.41) is 0. The summed E-state index contributed by atoms with van der Waals surface area (Å²) in [5.74, 6) is 0. The van der Waals surface area contributed by atoms with Gasteiger partial charge in [-0.25, -0.2) is 0 Å². The molecule has 0 N–H and O–H groups in total. The van der Waals surface area contributed by atoms with Crippen LogP contribution in [0.3, 0.4) is 0 Å². The Kier molecular flexibility index (Phi) is 11.1. The maximum atomic E-state index is 3.49. The van der Waals surface area contributed by atoms with Gasteiger partial charge in [-0.15, -0.1) is 0 Å². The molecule has 2 heteroatoms. The molecule has 0 radical (unpaired) electrons. The Balaban J connectivity index is 1.96. The zero-order chi connectivity index (χ0) is 20.0. The van der Waals surface area contributed by atoms with Crippen LogP contribution in [0, 0.1) is 0 Å². The van der Waals surface area contributed by atoms with Crippen molar-refractivity contribution in [1.29, 1.82) is 0 Å². The van der Waals surface area contributed by atoms with Crippen molar-refractivity contribution in [2.75, 3.05) is 18.0 Å². The third kappa shape index (κ3) is 8.65. The van der Waals surface area contributed by atoms with E-state index in [-0.39, 0.29) is 0 Å². The normalized spacial score (nSPS) is 11.2. The van der Waals surface area contributed by atoms with Crippen molar-refractivity contribution in [3.63, 3.8) is 0 Å². The number of hydrogen-bond donors (Lipinski definition) is 0. The predicted octanol–water partition coefficient (Wildman–Crippen LogP) is 8.59. The van der Waals surface area contributed by atoms with Crippen molar-refractivity contribution in [1.82, 2.24) is 0 Å². The van der Waals surface area contributed by atoms with Crippen molar-refractivity contribution >= 4 is 33.8 Å². The largest absolute Gasteiger partial charge is 0.372 e. The molecule has 0 aliphatic rings. The molecule has 1 nitrogen and oxygen atoms in total. The fourth-order valence-corrected chi connectivity index (χ4v) is 3.66. The second-order valence-corrected chi connectivity index (χ2v) is 8.50. The highest BCUT2D eigenvalue weighted by molar-refractivity contribution is 9.10. The van der Waals surface area contributed by atoms with Crippen molar-refractivity contribution < 1.29 is 0 Å². The molecule has 0 heterocycles. The first-order valence-corrected chi connectivity index (χ1v) is 11.8. The Hall–Kier alpha value is -1.54. The summed E-state index contributed by atoms with van der Waals surface area (Å²) in [6.07, 6.45) is 15.0. The molecule has 2 aromatic rings. The third-order valence-corrected chi connectivity index (χ3v) is 5.69. The first-order valence-electron chi connectivity index (χ1n) is 11.0. The topological polar surface area (TPSA) is 3.24 Å². The fourth-order valence-electron chi connectivity index (χ4n) is 3.39. The van der Waals surface area contributed by atoms with Gasteiger partial charge in [0.15, 0.2) is 0 Å². The number of benzene rings is 2. The van der Waals surface area contributed by atoms with Gasteiger partial charge in [0.05, 0.1) is 0 Å². The highest BCUT2D eigenvalue weighted by Crippen LogP contribution is 2.19. The number of nitrogens with zero attached hydrogens (tertiary/aromatic N) is 1. The van der Waals surface area contributed by atoms with E-state index in [1.54, 1.807) is 0 Å². The average molecular weight is 442 g/mol. The lowest BCUT2D eigenvalue weighted by Crippen LogP contribution is -2.25. The number of hydrogen-bond acceptors (Lipinski definition) is 1. The van der Waals surface area contributed by atoms with Crippen LogP contribution in [0.5, 0.6) is 0 Å². The Morgan fingerprint density at radius 1 is 0.643 bits per heavy atom. The van der Waals surface area contributed by atoms with E-state index in [1.165, 1.54) is 81.3 Å². The van der Waals surface area contributed by atoms with Crippen LogP contribution in [-0.4, -0.2) is 13.1 Å². The minimum Gasteiger partial charge on any atom is -0.372 e. The Morgan fingerprint density at radius 2 is 1.11 bits per heavy atom. The molecular formula is C26H36BrN. The number of rotatable bonds is 13. The molecule has 0 aromatic heterocycles. The third-order valence-electron chi connectivity index (χ3n) is 5.16. The first-order chi connectivity index (χ1) is 13.7. The highest BCUT2D eigenvalue weighted by Gasteiger charge is 2.06. The molecular weight excluding hydrogens is 406 g/mol. The summed E-state index contributed by atoms with van der Waals surface area (Å²) in [5.41, 5.74) is 3.85. The lowest BCUT2D eigenvalue weighted by molar-refractivity contribution is 0.609. The van der Waals surface area contributed by atoms with Crippen LogP contribution in [-0.2, 0) is 0 Å². The maximum Gasteiger partial charge on any atom is 0.0366 e. The molecule has 152 valence electrons. The molecule has 0 atom stereocenters. The molecule has 28 heavy (non-hydrogen) atoms. The molecule has 0 spiro atoms. The summed E-state index contributed by atoms with van der Waals surface area (Å²) in [7, 11) is 0. The Bertz CT molecular complexity index is 661. The van der Waals surface area contributed by atoms with E-state index < -0.39 is 0 Å². The molecule has 0 saturated heterocycles. The van der Waals surface area contributed by atoms with Gasteiger partial charge in [-0.3, -0.25) is 0 Å². The molecule has 0 aliphatic carbocycles. The van der Waals surface area contributed by atoms with Gasteiger partial charge in [0.1, 0.15) is 0 Å². The van der Waals surface area contributed by atoms with Crippen molar-refractivity contribution in [3.05, 3.63) is 64.1 Å². The Labute approximate surface area is 181 Å². The lowest BCUT2D eigenvalue weighted by atomic mass is 10.1. The summed E-state index contributed by atoms with van der Waals surface area (Å²) in [6.45, 7) is 6.92. The molecule has 2 aromatic carbocycles. The van der Waals surface area contributed by atoms with E-state index in [0.29, 0.717) is 0 Å². The highest BCUT2D eigenvalue weighted by atomic mass is 79.9. The van der Waals surface area contributed by atoms with Crippen LogP contribution in [0.15, 0.2) is 53.0 Å². The van der Waals surface area contributed by atoms with Gasteiger partial charge in [0.25, 0.3) is 0 Å². The molecule has 0 aliphatic heterocycles. The van der Waals surface area contributed by atoms with E-state index in [1.807, 2.05) is 0 Å². The number of halogens is 1. The minimum atomic E-state index is 1.12. The second-order valence-electron chi connectivity index (χ2n) is 7.58. The zero-order valence-corrected chi connectivity index (χ0v) is 19.3. The van der Waals surface area contributed by atoms with Crippen molar-refractivity contribution in [3.8, 4) is 0 Å². The van der Waals surface area contributed by atoms with Gasteiger partial charge in [-0.2, -0.15) is 0 Å². The molecule has 0 unspecified atom stereocenters.